The molecule has 10 nitrogen and oxygen atoms in total. The normalized spacial score (nSPS) is 14.7. The molecule has 1 fully saturated rings. The van der Waals surface area contributed by atoms with E-state index in [2.05, 4.69) is 10.3 Å². The van der Waals surface area contributed by atoms with Gasteiger partial charge < -0.3 is 29.0 Å². The molecule has 1 aliphatic rings. The molecule has 2 aromatic heterocycles. The van der Waals surface area contributed by atoms with Crippen molar-refractivity contribution in [3.8, 4) is 11.5 Å². The van der Waals surface area contributed by atoms with E-state index in [0.717, 1.165) is 18.2 Å². The second kappa shape index (κ2) is 13.2. The average Bonchev–Trinajstić information content (AvgIpc) is 3.45. The number of halogens is 4. The zero-order valence-electron chi connectivity index (χ0n) is 28.0. The number of hydrogen-bond acceptors (Lipinski definition) is 7. The summed E-state index contributed by atoms with van der Waals surface area (Å²) in [6.45, 7) is 10.7. The molecule has 49 heavy (non-hydrogen) atoms. The predicted molar refractivity (Wildman–Crippen MR) is 179 cm³/mol. The first-order valence-electron chi connectivity index (χ1n) is 15.7. The molecule has 0 saturated carbocycles. The van der Waals surface area contributed by atoms with E-state index in [9.17, 15) is 32.7 Å². The van der Waals surface area contributed by atoms with Crippen LogP contribution >= 0.6 is 11.6 Å². The summed E-state index contributed by atoms with van der Waals surface area (Å²) >= 11 is 6.09. The first-order valence-corrected chi connectivity index (χ1v) is 16.1. The minimum Gasteiger partial charge on any atom is -0.444 e. The van der Waals surface area contributed by atoms with E-state index in [1.54, 1.807) is 70.7 Å². The van der Waals surface area contributed by atoms with Crippen LogP contribution in [-0.2, 0) is 27.9 Å². The summed E-state index contributed by atoms with van der Waals surface area (Å²) in [7, 11) is 0. The molecule has 0 aliphatic carbocycles. The number of fused-ring (bicyclic) bond motifs is 1. The Morgan fingerprint density at radius 2 is 1.65 bits per heavy atom. The van der Waals surface area contributed by atoms with E-state index >= 15 is 0 Å². The van der Waals surface area contributed by atoms with Crippen LogP contribution in [0.5, 0.6) is 0 Å². The van der Waals surface area contributed by atoms with E-state index in [0.29, 0.717) is 48.3 Å². The third kappa shape index (κ3) is 7.94. The molecular formula is C35H38ClF3N4O6. The van der Waals surface area contributed by atoms with Crippen LogP contribution in [0.2, 0.25) is 5.02 Å². The summed E-state index contributed by atoms with van der Waals surface area (Å²) in [5, 5.41) is 12.6. The van der Waals surface area contributed by atoms with E-state index in [4.69, 9.17) is 20.8 Å². The third-order valence-electron chi connectivity index (χ3n) is 8.38. The Labute approximate surface area is 285 Å². The summed E-state index contributed by atoms with van der Waals surface area (Å²) in [5.74, 6) is -0.793. The number of aliphatic hydroxyl groups is 1. The number of amides is 2. The zero-order chi connectivity index (χ0) is 36.1. The number of anilines is 1. The van der Waals surface area contributed by atoms with Crippen LogP contribution in [0.1, 0.15) is 75.8 Å². The fourth-order valence-corrected chi connectivity index (χ4v) is 6.08. The number of benzene rings is 2. The average molecular weight is 703 g/mol. The van der Waals surface area contributed by atoms with Gasteiger partial charge in [0.25, 0.3) is 0 Å². The van der Waals surface area contributed by atoms with Gasteiger partial charge in [-0.2, -0.15) is 18.2 Å². The Morgan fingerprint density at radius 3 is 2.20 bits per heavy atom. The molecule has 3 heterocycles. The fourth-order valence-electron chi connectivity index (χ4n) is 5.86. The lowest BCUT2D eigenvalue weighted by Crippen LogP contribution is -2.42. The van der Waals surface area contributed by atoms with E-state index in [1.807, 2.05) is 0 Å². The number of aromatic nitrogens is 2. The summed E-state index contributed by atoms with van der Waals surface area (Å²) in [5.41, 5.74) is -1.02. The Kier molecular flexibility index (Phi) is 9.65. The quantitative estimate of drug-likeness (QED) is 0.212. The molecular weight excluding hydrogens is 665 g/mol. The number of nitrogens with one attached hydrogen (secondary N) is 1. The lowest BCUT2D eigenvalue weighted by molar-refractivity contribution is -0.137. The molecule has 2 aromatic carbocycles. The van der Waals surface area contributed by atoms with Crippen molar-refractivity contribution in [2.75, 3.05) is 18.4 Å². The van der Waals surface area contributed by atoms with Gasteiger partial charge in [0.2, 0.25) is 22.8 Å². The lowest BCUT2D eigenvalue weighted by atomic mass is 9.88. The van der Waals surface area contributed by atoms with Gasteiger partial charge >= 0.3 is 12.3 Å². The molecule has 2 N–H and O–H groups in total. The summed E-state index contributed by atoms with van der Waals surface area (Å²) in [6, 6.07) is 9.46. The second-order valence-electron chi connectivity index (χ2n) is 13.7. The maximum absolute atomic E-state index is 14.1. The van der Waals surface area contributed by atoms with Crippen LogP contribution in [0.4, 0.5) is 23.7 Å². The minimum atomic E-state index is -4.61. The van der Waals surface area contributed by atoms with Gasteiger partial charge in [-0.1, -0.05) is 23.7 Å². The molecule has 4 aromatic rings. The number of nitrogens with zero attached hydrogens (tertiary/aromatic N) is 3. The monoisotopic (exact) mass is 702 g/mol. The molecule has 0 unspecified atom stereocenters. The second-order valence-corrected chi connectivity index (χ2v) is 14.1. The number of pyridine rings is 1. The molecule has 0 spiro atoms. The van der Waals surface area contributed by atoms with Crippen LogP contribution in [0.15, 0.2) is 51.7 Å². The Hall–Kier alpha value is -4.36. The van der Waals surface area contributed by atoms with Crippen molar-refractivity contribution in [1.82, 2.24) is 14.5 Å². The molecule has 14 heteroatoms. The number of likely N-dealkylation sites (tertiary alicyclic amines) is 1. The third-order valence-corrected chi connectivity index (χ3v) is 8.69. The van der Waals surface area contributed by atoms with Gasteiger partial charge in [0.05, 0.1) is 21.9 Å². The topological polar surface area (TPSA) is 127 Å². The van der Waals surface area contributed by atoms with Crippen molar-refractivity contribution >= 4 is 40.5 Å². The molecule has 2 amide bonds. The molecule has 1 aliphatic heterocycles. The van der Waals surface area contributed by atoms with Gasteiger partial charge in [0.1, 0.15) is 12.1 Å². The van der Waals surface area contributed by atoms with Gasteiger partial charge in [-0.05, 0) is 96.2 Å². The minimum absolute atomic E-state index is 0.0166. The Balaban J connectivity index is 1.52. The fraction of sp³-hybridized carbons (Fsp3) is 0.429. The Morgan fingerprint density at radius 1 is 1.04 bits per heavy atom. The largest absolute Gasteiger partial charge is 0.444 e. The van der Waals surface area contributed by atoms with Crippen molar-refractivity contribution in [3.63, 3.8) is 0 Å². The Bertz CT molecular complexity index is 1950. The number of alkyl halides is 3. The van der Waals surface area contributed by atoms with Gasteiger partial charge in [-0.15, -0.1) is 0 Å². The standard InChI is InChI=1S/C35H38ClF3N4O6/c1-19-27(20-13-15-42(16-14-20)32(46)49-33(2,3)4)28(45)29-30(41-31(48-29)21-7-9-22(10-8-21)34(5,6)47)43(19)18-26(44)40-25-12-11-23(17-24(25)36)35(37,38)39/h7-12,17,20,47H,13-16,18H2,1-6H3,(H,40,44). The first kappa shape index (κ1) is 35.9. The number of piperidine rings is 1. The van der Waals surface area contributed by atoms with E-state index < -0.39 is 40.4 Å². The number of rotatable bonds is 6. The van der Waals surface area contributed by atoms with Crippen LogP contribution in [-0.4, -0.2) is 50.2 Å². The van der Waals surface area contributed by atoms with Gasteiger partial charge in [0, 0.05) is 29.9 Å². The first-order chi connectivity index (χ1) is 22.7. The van der Waals surface area contributed by atoms with Crippen LogP contribution in [0.3, 0.4) is 0 Å². The highest BCUT2D eigenvalue weighted by Crippen LogP contribution is 2.35. The molecule has 0 atom stereocenters. The maximum atomic E-state index is 14.1. The lowest BCUT2D eigenvalue weighted by Gasteiger charge is -2.34. The van der Waals surface area contributed by atoms with Crippen molar-refractivity contribution in [3.05, 3.63) is 80.1 Å². The van der Waals surface area contributed by atoms with Crippen molar-refractivity contribution in [2.24, 2.45) is 0 Å². The van der Waals surface area contributed by atoms with Crippen molar-refractivity contribution < 1.29 is 37.0 Å². The summed E-state index contributed by atoms with van der Waals surface area (Å²) in [6.07, 6.45) is -4.14. The van der Waals surface area contributed by atoms with E-state index in [1.165, 1.54) is 4.57 Å². The zero-order valence-corrected chi connectivity index (χ0v) is 28.8. The van der Waals surface area contributed by atoms with Gasteiger partial charge in [-0.25, -0.2) is 4.79 Å². The number of ether oxygens (including phenoxy) is 1. The summed E-state index contributed by atoms with van der Waals surface area (Å²) in [4.78, 5) is 46.4. The smallest absolute Gasteiger partial charge is 0.416 e. The molecule has 1 saturated heterocycles. The number of carbonyl (C=O) groups excluding carboxylic acids is 2. The van der Waals surface area contributed by atoms with Gasteiger partial charge in [0.15, 0.2) is 5.65 Å². The number of carbonyl (C=O) groups is 2. The predicted octanol–water partition coefficient (Wildman–Crippen LogP) is 7.62. The number of hydrogen-bond donors (Lipinski definition) is 2. The van der Waals surface area contributed by atoms with Crippen LogP contribution in [0.25, 0.3) is 22.7 Å². The highest BCUT2D eigenvalue weighted by atomic mass is 35.5. The SMILES string of the molecule is Cc1c(C2CCN(C(=O)OC(C)(C)C)CC2)c(=O)c2oc(-c3ccc(C(C)(C)O)cc3)nc2n1CC(=O)Nc1ccc(C(F)(F)F)cc1Cl. The molecule has 262 valence electrons. The maximum Gasteiger partial charge on any atom is 0.416 e. The van der Waals surface area contributed by atoms with Crippen molar-refractivity contribution in [2.45, 2.75) is 84.2 Å². The van der Waals surface area contributed by atoms with Gasteiger partial charge in [-0.3, -0.25) is 9.59 Å². The van der Waals surface area contributed by atoms with Crippen LogP contribution in [0, 0.1) is 6.92 Å². The molecule has 0 radical (unpaired) electrons. The number of oxazole rings is 1. The van der Waals surface area contributed by atoms with Crippen molar-refractivity contribution in [1.29, 1.82) is 0 Å². The van der Waals surface area contributed by atoms with Crippen LogP contribution < -0.4 is 10.7 Å². The molecule has 5 rings (SSSR count). The van der Waals surface area contributed by atoms with E-state index in [-0.39, 0.29) is 40.3 Å². The molecule has 0 bridgehead atoms. The highest BCUT2D eigenvalue weighted by Gasteiger charge is 2.33. The summed E-state index contributed by atoms with van der Waals surface area (Å²) < 4.78 is 52.6. The highest BCUT2D eigenvalue weighted by molar-refractivity contribution is 6.33.